The van der Waals surface area contributed by atoms with Gasteiger partial charge in [0.05, 0.1) is 5.69 Å². The second-order valence-corrected chi connectivity index (χ2v) is 8.95. The number of hydrogen-bond donors (Lipinski definition) is 0. The summed E-state index contributed by atoms with van der Waals surface area (Å²) in [5, 5.41) is 0. The number of halogens is 1. The summed E-state index contributed by atoms with van der Waals surface area (Å²) in [6.45, 7) is 2.28. The second-order valence-electron chi connectivity index (χ2n) is 5.13. The summed E-state index contributed by atoms with van der Waals surface area (Å²) in [7, 11) is -1.79. The molecule has 0 saturated heterocycles. The van der Waals surface area contributed by atoms with Crippen LogP contribution in [-0.4, -0.2) is 31.3 Å². The van der Waals surface area contributed by atoms with Crippen LogP contribution in [0.5, 0.6) is 0 Å². The standard InChI is InChI=1S/C12H19ClN2O2S2/c1-9-11(18-12(13)14-9)19(16,17)15(2)8-10-6-4-3-5-7-10/h10H,3-8H2,1-2H3. The van der Waals surface area contributed by atoms with Gasteiger partial charge in [0.2, 0.25) is 0 Å². The minimum atomic E-state index is -3.44. The molecule has 7 heteroatoms. The van der Waals surface area contributed by atoms with Crippen LogP contribution >= 0.6 is 22.9 Å². The molecule has 19 heavy (non-hydrogen) atoms. The topological polar surface area (TPSA) is 50.3 Å². The molecule has 0 atom stereocenters. The Morgan fingerprint density at radius 3 is 2.53 bits per heavy atom. The van der Waals surface area contributed by atoms with Crippen molar-refractivity contribution in [3.63, 3.8) is 0 Å². The Bertz CT molecular complexity index is 536. The Kier molecular flexibility index (Phi) is 4.87. The normalized spacial score (nSPS) is 18.1. The van der Waals surface area contributed by atoms with E-state index < -0.39 is 10.0 Å². The summed E-state index contributed by atoms with van der Waals surface area (Å²) in [6, 6.07) is 0. The van der Waals surface area contributed by atoms with E-state index in [1.165, 1.54) is 23.6 Å². The lowest BCUT2D eigenvalue weighted by Crippen LogP contribution is -2.32. The maximum atomic E-state index is 12.5. The highest BCUT2D eigenvalue weighted by Crippen LogP contribution is 2.31. The molecule has 0 spiro atoms. The van der Waals surface area contributed by atoms with E-state index in [0.717, 1.165) is 24.2 Å². The van der Waals surface area contributed by atoms with Crippen LogP contribution in [-0.2, 0) is 10.0 Å². The lowest BCUT2D eigenvalue weighted by atomic mass is 9.89. The molecule has 0 aliphatic heterocycles. The van der Waals surface area contributed by atoms with Gasteiger partial charge >= 0.3 is 0 Å². The van der Waals surface area contributed by atoms with Crippen LogP contribution in [0.1, 0.15) is 37.8 Å². The van der Waals surface area contributed by atoms with Crippen LogP contribution in [0.2, 0.25) is 4.47 Å². The van der Waals surface area contributed by atoms with Gasteiger partial charge in [-0.15, -0.1) is 0 Å². The molecule has 0 aromatic carbocycles. The summed E-state index contributed by atoms with van der Waals surface area (Å²) in [6.07, 6.45) is 5.95. The van der Waals surface area contributed by atoms with Gasteiger partial charge in [-0.25, -0.2) is 13.4 Å². The lowest BCUT2D eigenvalue weighted by Gasteiger charge is -2.26. The van der Waals surface area contributed by atoms with E-state index in [2.05, 4.69) is 4.98 Å². The van der Waals surface area contributed by atoms with E-state index in [0.29, 0.717) is 18.2 Å². The fourth-order valence-corrected chi connectivity index (χ4v) is 5.74. The fourth-order valence-electron chi connectivity index (χ4n) is 2.56. The summed E-state index contributed by atoms with van der Waals surface area (Å²) in [4.78, 5) is 3.98. The van der Waals surface area contributed by atoms with E-state index in [9.17, 15) is 8.42 Å². The number of aryl methyl sites for hydroxylation is 1. The molecular formula is C12H19ClN2O2S2. The van der Waals surface area contributed by atoms with Gasteiger partial charge in [-0.2, -0.15) is 4.31 Å². The number of nitrogens with zero attached hydrogens (tertiary/aromatic N) is 2. The van der Waals surface area contributed by atoms with E-state index >= 15 is 0 Å². The Labute approximate surface area is 123 Å². The molecule has 0 N–H and O–H groups in total. The molecular weight excluding hydrogens is 304 g/mol. The molecule has 4 nitrogen and oxygen atoms in total. The van der Waals surface area contributed by atoms with Crippen molar-refractivity contribution in [1.82, 2.24) is 9.29 Å². The van der Waals surface area contributed by atoms with Gasteiger partial charge in [0.1, 0.15) is 0 Å². The molecule has 0 amide bonds. The van der Waals surface area contributed by atoms with E-state index in [-0.39, 0.29) is 8.68 Å². The van der Waals surface area contributed by atoms with Crippen LogP contribution in [0.3, 0.4) is 0 Å². The third-order valence-electron chi connectivity index (χ3n) is 3.61. The van der Waals surface area contributed by atoms with Gasteiger partial charge in [-0.3, -0.25) is 0 Å². The van der Waals surface area contributed by atoms with Gasteiger partial charge < -0.3 is 0 Å². The molecule has 1 aromatic rings. The van der Waals surface area contributed by atoms with E-state index in [1.807, 2.05) is 0 Å². The molecule has 0 unspecified atom stereocenters. The summed E-state index contributed by atoms with van der Waals surface area (Å²) < 4.78 is 27.0. The number of hydrogen-bond acceptors (Lipinski definition) is 4. The highest BCUT2D eigenvalue weighted by molar-refractivity contribution is 7.91. The molecule has 1 heterocycles. The maximum absolute atomic E-state index is 12.5. The predicted octanol–water partition coefficient (Wildman–Crippen LogP) is 3.31. The largest absolute Gasteiger partial charge is 0.254 e. The highest BCUT2D eigenvalue weighted by Gasteiger charge is 2.28. The fraction of sp³-hybridized carbons (Fsp3) is 0.750. The van der Waals surface area contributed by atoms with Crippen molar-refractivity contribution < 1.29 is 8.42 Å². The van der Waals surface area contributed by atoms with E-state index in [1.54, 1.807) is 14.0 Å². The zero-order valence-corrected chi connectivity index (χ0v) is 13.6. The predicted molar refractivity (Wildman–Crippen MR) is 78.3 cm³/mol. The van der Waals surface area contributed by atoms with Crippen LogP contribution in [0.4, 0.5) is 0 Å². The number of thiazole rings is 1. The SMILES string of the molecule is Cc1nc(Cl)sc1S(=O)(=O)N(C)CC1CCCCC1. The zero-order valence-electron chi connectivity index (χ0n) is 11.2. The molecule has 0 radical (unpaired) electrons. The molecule has 1 aliphatic carbocycles. The van der Waals surface area contributed by atoms with Crippen LogP contribution in [0.25, 0.3) is 0 Å². The van der Waals surface area contributed by atoms with Gasteiger partial charge in [0.25, 0.3) is 10.0 Å². The summed E-state index contributed by atoms with van der Waals surface area (Å²) >= 11 is 6.83. The van der Waals surface area contributed by atoms with Gasteiger partial charge in [0.15, 0.2) is 8.68 Å². The maximum Gasteiger partial charge on any atom is 0.254 e. The quantitative estimate of drug-likeness (QED) is 0.854. The second kappa shape index (κ2) is 6.08. The molecule has 1 aromatic heterocycles. The first-order valence-corrected chi connectivity index (χ1v) is 9.14. The van der Waals surface area contributed by atoms with Crippen molar-refractivity contribution in [1.29, 1.82) is 0 Å². The number of sulfonamides is 1. The molecule has 0 bridgehead atoms. The minimum absolute atomic E-state index is 0.274. The third-order valence-corrected chi connectivity index (χ3v) is 7.28. The van der Waals surface area contributed by atoms with Crippen molar-refractivity contribution in [3.05, 3.63) is 10.2 Å². The number of aromatic nitrogens is 1. The Hall–Kier alpha value is -0.170. The van der Waals surface area contributed by atoms with Gasteiger partial charge in [0, 0.05) is 13.6 Å². The van der Waals surface area contributed by atoms with Crippen LogP contribution in [0.15, 0.2) is 4.21 Å². The Balaban J connectivity index is 2.12. The Morgan fingerprint density at radius 2 is 2.00 bits per heavy atom. The lowest BCUT2D eigenvalue weighted by molar-refractivity contribution is 0.300. The highest BCUT2D eigenvalue weighted by atomic mass is 35.5. The first-order valence-electron chi connectivity index (χ1n) is 6.50. The average Bonchev–Trinajstić information content (AvgIpc) is 2.70. The monoisotopic (exact) mass is 322 g/mol. The van der Waals surface area contributed by atoms with E-state index in [4.69, 9.17) is 11.6 Å². The first kappa shape index (κ1) is 15.2. The van der Waals surface area contributed by atoms with Crippen molar-refractivity contribution in [2.45, 2.75) is 43.2 Å². The van der Waals surface area contributed by atoms with Crippen molar-refractivity contribution in [2.75, 3.05) is 13.6 Å². The van der Waals surface area contributed by atoms with Crippen LogP contribution < -0.4 is 0 Å². The van der Waals surface area contributed by atoms with Crippen molar-refractivity contribution in [2.24, 2.45) is 5.92 Å². The van der Waals surface area contributed by atoms with Crippen molar-refractivity contribution >= 4 is 33.0 Å². The number of rotatable bonds is 4. The van der Waals surface area contributed by atoms with Crippen LogP contribution in [0, 0.1) is 12.8 Å². The first-order chi connectivity index (χ1) is 8.91. The smallest absolute Gasteiger partial charge is 0.229 e. The summed E-state index contributed by atoms with van der Waals surface area (Å²) in [5.41, 5.74) is 0.491. The third kappa shape index (κ3) is 3.48. The minimum Gasteiger partial charge on any atom is -0.229 e. The van der Waals surface area contributed by atoms with Gasteiger partial charge in [-0.1, -0.05) is 42.2 Å². The Morgan fingerprint density at radius 1 is 1.37 bits per heavy atom. The molecule has 1 saturated carbocycles. The molecule has 2 rings (SSSR count). The molecule has 108 valence electrons. The van der Waals surface area contributed by atoms with Crippen molar-refractivity contribution in [3.8, 4) is 0 Å². The molecule has 1 fully saturated rings. The zero-order chi connectivity index (χ0) is 14.0. The average molecular weight is 323 g/mol. The van der Waals surface area contributed by atoms with Gasteiger partial charge in [-0.05, 0) is 25.7 Å². The molecule has 1 aliphatic rings. The summed E-state index contributed by atoms with van der Waals surface area (Å²) in [5.74, 6) is 0.484.